The van der Waals surface area contributed by atoms with Gasteiger partial charge >= 0.3 is 0 Å². The van der Waals surface area contributed by atoms with E-state index in [4.69, 9.17) is 109 Å². The van der Waals surface area contributed by atoms with E-state index >= 15 is 0 Å². The summed E-state index contributed by atoms with van der Waals surface area (Å²) in [5.74, 6) is 2.56. The summed E-state index contributed by atoms with van der Waals surface area (Å²) in [6.45, 7) is 17.1. The Labute approximate surface area is 778 Å². The molecule has 8 aromatic carbocycles. The number of likely N-dealkylation sites (N-methyl/N-ethyl adjacent to an activating group) is 1. The number of rotatable bonds is 24. The first-order chi connectivity index (χ1) is 61.0. The van der Waals surface area contributed by atoms with E-state index < -0.39 is 0 Å². The largest absolute Gasteiger partial charge is 0.380 e. The van der Waals surface area contributed by atoms with E-state index in [1.165, 1.54) is 31.2 Å². The van der Waals surface area contributed by atoms with Crippen molar-refractivity contribution in [2.45, 2.75) is 86.5 Å². The Balaban J connectivity index is 0.000000154. The van der Waals surface area contributed by atoms with Crippen LogP contribution in [0.4, 0.5) is 46.0 Å². The van der Waals surface area contributed by atoms with Gasteiger partial charge in [-0.05, 0) is 207 Å². The van der Waals surface area contributed by atoms with Crippen molar-refractivity contribution in [3.63, 3.8) is 0 Å². The average molecular weight is 1860 g/mol. The van der Waals surface area contributed by atoms with Crippen LogP contribution >= 0.6 is 92.8 Å². The number of carbonyl (C=O) groups is 4. The number of amidine groups is 3. The van der Waals surface area contributed by atoms with Crippen molar-refractivity contribution >= 4 is 186 Å². The Morgan fingerprint density at radius 2 is 0.614 bits per heavy atom. The fraction of sp³-hybridized carbons (Fsp3) is 0.208. The third-order valence-electron chi connectivity index (χ3n) is 20.9. The summed E-state index contributed by atoms with van der Waals surface area (Å²) in [5.41, 5.74) is 16.6. The van der Waals surface area contributed by atoms with Crippen molar-refractivity contribution in [2.75, 3.05) is 88.9 Å². The van der Waals surface area contributed by atoms with Gasteiger partial charge < -0.3 is 62.6 Å². The summed E-state index contributed by atoms with van der Waals surface area (Å²) in [7, 11) is 2.05. The maximum Gasteiger partial charge on any atom is 0.258 e. The van der Waals surface area contributed by atoms with Crippen LogP contribution in [-0.4, -0.2) is 128 Å². The van der Waals surface area contributed by atoms with Crippen LogP contribution in [0, 0.1) is 43.9 Å². The predicted octanol–water partition coefficient (Wildman–Crippen LogP) is 23.2. The zero-order valence-electron chi connectivity index (χ0n) is 70.4. The lowest BCUT2D eigenvalue weighted by Crippen LogP contribution is -2.42. The number of nitrogens with zero attached hydrogens (tertiary/aromatic N) is 8. The second kappa shape index (κ2) is 44.8. The number of nitrogens with one attached hydrogen (secondary N) is 11. The predicted molar refractivity (Wildman–Crippen MR) is 520 cm³/mol. The Bertz CT molecular complexity index is 5990. The maximum absolute atomic E-state index is 13.0. The highest BCUT2D eigenvalue weighted by atomic mass is 35.5. The van der Waals surface area contributed by atoms with Crippen LogP contribution in [0.3, 0.4) is 0 Å². The van der Waals surface area contributed by atoms with E-state index in [1.807, 2.05) is 125 Å². The monoisotopic (exact) mass is 1860 g/mol. The van der Waals surface area contributed by atoms with Gasteiger partial charge in [-0.15, -0.1) is 0 Å². The number of hydrogen-bond acceptors (Lipinski definition) is 17. The number of hydrogen-bond donors (Lipinski definition) is 11. The van der Waals surface area contributed by atoms with E-state index in [0.717, 1.165) is 137 Å². The average Bonchev–Trinajstić information content (AvgIpc) is 1.68. The van der Waals surface area contributed by atoms with Gasteiger partial charge in [0.05, 0.1) is 71.6 Å². The van der Waals surface area contributed by atoms with Crippen LogP contribution in [0.15, 0.2) is 224 Å². The van der Waals surface area contributed by atoms with Crippen molar-refractivity contribution < 1.29 is 19.2 Å². The van der Waals surface area contributed by atoms with E-state index in [2.05, 4.69) is 113 Å². The number of aliphatic imine (C=N–C) groups is 1. The van der Waals surface area contributed by atoms with Gasteiger partial charge in [0.15, 0.2) is 0 Å². The molecule has 7 heterocycles. The van der Waals surface area contributed by atoms with Gasteiger partial charge in [-0.2, -0.15) is 0 Å². The molecule has 0 aliphatic carbocycles. The van der Waals surface area contributed by atoms with Crippen molar-refractivity contribution in [1.82, 2.24) is 34.6 Å². The molecule has 12 aromatic rings. The molecule has 3 aliphatic rings. The maximum atomic E-state index is 13.0. The number of piperidine rings is 1. The highest BCUT2D eigenvalue weighted by Gasteiger charge is 2.24. The van der Waals surface area contributed by atoms with Crippen molar-refractivity contribution in [2.24, 2.45) is 4.99 Å². The van der Waals surface area contributed by atoms with Gasteiger partial charge in [0.1, 0.15) is 40.8 Å². The first-order valence-corrected chi connectivity index (χ1v) is 43.8. The standard InChI is InChI=1S/C26H27Cl2N5O.2C24H23Cl2N5O.C22H20Cl2N4O/c1-17-13-21(28)14-22(26(34)32-23-10-9-20(27)16-30-23)24(17)31-15-18-5-7-19(8-6-18)25(29)33-11-3-2-4-12-33;1-15-11-19(26)12-20(24(32)30-21-8-7-18(25)14-28-21)22(15)29-13-16-3-5-17(6-4-16)23-27-9-10-31(23)2;1-15-11-19(26)12-20(24(32)30-21-8-7-18(25)14-28-21)22(15)29-13-16-3-5-17(6-4-16)23(27)31-9-2-10-31;1-13-9-18(24)10-19(22(29)28-20-8-7-17(23)12-26-20)21(13)27-11-15-3-5-16(6-4-15)14(2)25/h5-10,13-14,16,29,31H,2-4,11-12,15H2,1H3,(H,30,32,34);3-8,11-12,14,29H,9-10,13H2,1-2H3,(H,28,30,32);3-8,11-12,14,27,29H,2,9-10,13H2,1H3,(H,28,30,32);3-10,12,25,27H,11H2,1-2H3,(H,26,28,29). The highest BCUT2D eigenvalue weighted by molar-refractivity contribution is 6.34. The molecule has 3 aliphatic heterocycles. The SMILES string of the molecule is CC(=N)c1ccc(CNc2c(C)cc(Cl)cc2C(=O)Nc2ccc(Cl)cn2)cc1.Cc1cc(Cl)cc(C(=O)Nc2ccc(Cl)cn2)c1NCc1ccc(C(=N)N2CCC2)cc1.Cc1cc(Cl)cc(C(=O)Nc2ccc(Cl)cn2)c1NCc1ccc(C(=N)N2CCCCC2)cc1.Cc1cc(Cl)cc(C(=O)Nc2ccc(Cl)cn2)c1NCc1ccc(C2=NCCN2C)cc1. The minimum atomic E-state index is -0.317. The lowest BCUT2D eigenvalue weighted by atomic mass is 10.1. The summed E-state index contributed by atoms with van der Waals surface area (Å²) < 4.78 is 0. The molecule has 0 unspecified atom stereocenters. The van der Waals surface area contributed by atoms with Crippen molar-refractivity contribution in [1.29, 1.82) is 16.2 Å². The molecule has 0 saturated carbocycles. The van der Waals surface area contributed by atoms with E-state index in [9.17, 15) is 19.2 Å². The van der Waals surface area contributed by atoms with Gasteiger partial charge in [0, 0.05) is 133 Å². The quantitative estimate of drug-likeness (QED) is 0.0198. The summed E-state index contributed by atoms with van der Waals surface area (Å²) >= 11 is 48.4. The molecule has 0 atom stereocenters. The number of amides is 4. The number of pyridine rings is 4. The molecular formula is C96H93Cl8N19O4. The number of halogens is 8. The number of benzene rings is 8. The second-order valence-electron chi connectivity index (χ2n) is 30.4. The van der Waals surface area contributed by atoms with E-state index in [0.29, 0.717) is 146 Å². The Morgan fingerprint density at radius 1 is 0.339 bits per heavy atom. The van der Waals surface area contributed by atoms with E-state index in [-0.39, 0.29) is 23.6 Å². The summed E-state index contributed by atoms with van der Waals surface area (Å²) in [5, 5.41) is 53.0. The van der Waals surface area contributed by atoms with Gasteiger partial charge in [-0.25, -0.2) is 19.9 Å². The van der Waals surface area contributed by atoms with Crippen LogP contribution in [-0.2, 0) is 26.2 Å². The van der Waals surface area contributed by atoms with Gasteiger partial charge in [0.25, 0.3) is 23.6 Å². The molecule has 23 nitrogen and oxygen atoms in total. The van der Waals surface area contributed by atoms with E-state index in [1.54, 1.807) is 79.7 Å². The first-order valence-electron chi connectivity index (χ1n) is 40.8. The third kappa shape index (κ3) is 26.5. The summed E-state index contributed by atoms with van der Waals surface area (Å²) in [4.78, 5) is 79.1. The molecule has 15 rings (SSSR count). The normalized spacial score (nSPS) is 12.5. The number of aromatic nitrogens is 4. The first kappa shape index (κ1) is 94.0. The minimum absolute atomic E-state index is 0.300. The molecule has 0 bridgehead atoms. The molecule has 2 fully saturated rings. The van der Waals surface area contributed by atoms with Crippen molar-refractivity contribution in [3.8, 4) is 0 Å². The van der Waals surface area contributed by atoms with Crippen LogP contribution in [0.5, 0.6) is 0 Å². The molecule has 127 heavy (non-hydrogen) atoms. The molecular weight excluding hydrogens is 1770 g/mol. The molecule has 2 saturated heterocycles. The fourth-order valence-electron chi connectivity index (χ4n) is 14.0. The fourth-order valence-corrected chi connectivity index (χ4v) is 15.5. The van der Waals surface area contributed by atoms with Gasteiger partial charge in [-0.3, -0.25) is 35.0 Å². The van der Waals surface area contributed by atoms with Crippen molar-refractivity contribution in [3.05, 3.63) is 348 Å². The summed E-state index contributed by atoms with van der Waals surface area (Å²) in [6.07, 6.45) is 10.6. The Hall–Kier alpha value is -12.2. The molecule has 0 spiro atoms. The zero-order chi connectivity index (χ0) is 90.4. The number of likely N-dealkylation sites (tertiary alicyclic amines) is 2. The van der Waals surface area contributed by atoms with Crippen LogP contribution in [0.1, 0.15) is 141 Å². The van der Waals surface area contributed by atoms with Crippen LogP contribution in [0.25, 0.3) is 0 Å². The van der Waals surface area contributed by atoms with Crippen LogP contribution in [0.2, 0.25) is 40.2 Å². The van der Waals surface area contributed by atoms with Gasteiger partial charge in [0.2, 0.25) is 0 Å². The third-order valence-corrected chi connectivity index (χ3v) is 22.7. The number of aryl methyl sites for hydroxylation is 4. The van der Waals surface area contributed by atoms with Gasteiger partial charge in [-0.1, -0.05) is 190 Å². The molecule has 0 radical (unpaired) electrons. The van der Waals surface area contributed by atoms with Crippen LogP contribution < -0.4 is 42.5 Å². The number of anilines is 8. The Morgan fingerprint density at radius 3 is 0.858 bits per heavy atom. The molecule has 652 valence electrons. The number of carbonyl (C=O) groups excluding carboxylic acids is 4. The zero-order valence-corrected chi connectivity index (χ0v) is 76.5. The smallest absolute Gasteiger partial charge is 0.258 e. The topological polar surface area (TPSA) is 310 Å². The lowest BCUT2D eigenvalue weighted by Gasteiger charge is -2.33. The molecule has 31 heteroatoms. The highest BCUT2D eigenvalue weighted by Crippen LogP contribution is 2.34. The molecule has 4 aromatic heterocycles. The molecule has 4 amide bonds. The minimum Gasteiger partial charge on any atom is -0.380 e. The Kier molecular flexibility index (Phi) is 33.2. The lowest BCUT2D eigenvalue weighted by molar-refractivity contribution is 0.101. The molecule has 11 N–H and O–H groups in total. The summed E-state index contributed by atoms with van der Waals surface area (Å²) in [6, 6.07) is 59.1. The second-order valence-corrected chi connectivity index (χ2v) is 33.9.